The topological polar surface area (TPSA) is 365 Å². The average Bonchev–Trinajstić information content (AvgIpc) is 3.57. The molecule has 0 saturated carbocycles. The summed E-state index contributed by atoms with van der Waals surface area (Å²) in [6, 6.07) is -7.86. The van der Waals surface area contributed by atoms with Crippen LogP contribution in [0.2, 0.25) is 0 Å². The van der Waals surface area contributed by atoms with Crippen molar-refractivity contribution < 1.29 is 43.8 Å². The third-order valence-corrected chi connectivity index (χ3v) is 7.91. The molecule has 0 aromatic carbocycles. The number of aliphatic hydroxyl groups excluding tert-OH is 1. The van der Waals surface area contributed by atoms with E-state index in [-0.39, 0.29) is 44.6 Å². The van der Waals surface area contributed by atoms with Gasteiger partial charge in [-0.3, -0.25) is 33.8 Å². The van der Waals surface area contributed by atoms with Gasteiger partial charge in [0.1, 0.15) is 24.2 Å². The second kappa shape index (κ2) is 22.7. The monoisotopic (exact) mass is 742 g/mol. The number of primary amides is 1. The number of nitrogens with zero attached hydrogens (tertiary/aromatic N) is 2. The van der Waals surface area contributed by atoms with E-state index in [2.05, 4.69) is 41.5 Å². The molecule has 0 spiro atoms. The highest BCUT2D eigenvalue weighted by atomic mass is 32.2. The number of carboxylic acids is 1. The molecule has 6 amide bonds. The van der Waals surface area contributed by atoms with Crippen LogP contribution < -0.4 is 49.5 Å². The Hall–Kier alpha value is -4.96. The highest BCUT2D eigenvalue weighted by Crippen LogP contribution is 2.07. The molecule has 22 heteroatoms. The number of carboxylic acid groups (broad SMARTS) is 1. The Kier molecular flexibility index (Phi) is 19.6. The predicted molar refractivity (Wildman–Crippen MR) is 186 cm³/mol. The van der Waals surface area contributed by atoms with Crippen LogP contribution >= 0.6 is 11.8 Å². The van der Waals surface area contributed by atoms with Gasteiger partial charge < -0.3 is 64.7 Å². The summed E-state index contributed by atoms with van der Waals surface area (Å²) in [5.41, 5.74) is 22.4. The van der Waals surface area contributed by atoms with Crippen LogP contribution in [0, 0.1) is 0 Å². The molecule has 0 radical (unpaired) electrons. The van der Waals surface area contributed by atoms with Gasteiger partial charge in [-0.15, -0.1) is 0 Å². The molecule has 0 aliphatic heterocycles. The molecule has 1 heterocycles. The van der Waals surface area contributed by atoms with Crippen molar-refractivity contribution in [1.82, 2.24) is 36.6 Å². The maximum absolute atomic E-state index is 13.5. The number of imidazole rings is 1. The van der Waals surface area contributed by atoms with Crippen LogP contribution in [0.5, 0.6) is 0 Å². The number of aromatic nitrogens is 2. The molecule has 0 fully saturated rings. The number of rotatable bonds is 24. The quantitative estimate of drug-likeness (QED) is 0.0269. The first kappa shape index (κ1) is 44.1. The van der Waals surface area contributed by atoms with E-state index in [9.17, 15) is 43.8 Å². The Labute approximate surface area is 298 Å². The minimum absolute atomic E-state index is 0.0848. The Morgan fingerprint density at radius 2 is 1.45 bits per heavy atom. The summed E-state index contributed by atoms with van der Waals surface area (Å²) in [5, 5.41) is 31.2. The number of hydrogen-bond donors (Lipinski definition) is 12. The summed E-state index contributed by atoms with van der Waals surface area (Å²) >= 11 is 1.36. The molecule has 7 atom stereocenters. The van der Waals surface area contributed by atoms with Gasteiger partial charge in [-0.1, -0.05) is 0 Å². The second-order valence-corrected chi connectivity index (χ2v) is 12.6. The van der Waals surface area contributed by atoms with Crippen molar-refractivity contribution in [3.8, 4) is 0 Å². The van der Waals surface area contributed by atoms with E-state index in [1.165, 1.54) is 38.1 Å². The smallest absolute Gasteiger partial charge is 0.328 e. The number of aliphatic hydroxyl groups is 1. The zero-order valence-corrected chi connectivity index (χ0v) is 29.5. The number of H-pyrrole nitrogens is 1. The number of hydrogen-bond acceptors (Lipinski definition) is 12. The van der Waals surface area contributed by atoms with E-state index in [1.807, 2.05) is 0 Å². The predicted octanol–water partition coefficient (Wildman–Crippen LogP) is -4.74. The lowest BCUT2D eigenvalue weighted by Gasteiger charge is -2.26. The fourth-order valence-corrected chi connectivity index (χ4v) is 4.88. The van der Waals surface area contributed by atoms with Crippen molar-refractivity contribution in [2.24, 2.45) is 27.9 Å². The number of aliphatic carboxylic acids is 1. The van der Waals surface area contributed by atoms with Crippen LogP contribution in [0.1, 0.15) is 51.6 Å². The fraction of sp³-hybridized carbons (Fsp3) is 0.621. The van der Waals surface area contributed by atoms with Crippen molar-refractivity contribution in [3.05, 3.63) is 18.2 Å². The number of nitrogens with one attached hydrogen (secondary N) is 6. The van der Waals surface area contributed by atoms with Gasteiger partial charge in [-0.2, -0.15) is 11.8 Å². The van der Waals surface area contributed by atoms with E-state index in [1.54, 1.807) is 6.26 Å². The number of thioether (sulfide) groups is 1. The van der Waals surface area contributed by atoms with Crippen LogP contribution in [0.3, 0.4) is 0 Å². The standard InChI is InChI=1S/C29H50N12O9S/c1-14(23(44)38-19(8-10-51-3)26(47)41-22(15(2)42)28(49)50)37-25(46)18(6-7-21(31)43)39-27(48)20(11-16-12-34-13-36-16)40-24(45)17(30)5-4-9-35-29(32)33/h12-15,17-20,22,42H,4-11,30H2,1-3H3,(H2,31,43)(H,34,36)(H,37,46)(H,38,44)(H,39,48)(H,40,45)(H,41,47)(H,49,50)(H4,32,33,35)/t14-,15+,17-,18-,19-,20-,22-/m0/s1. The molecule has 286 valence electrons. The molecule has 51 heavy (non-hydrogen) atoms. The molecule has 0 unspecified atom stereocenters. The lowest BCUT2D eigenvalue weighted by atomic mass is 10.1. The summed E-state index contributed by atoms with van der Waals surface area (Å²) in [7, 11) is 0. The van der Waals surface area contributed by atoms with E-state index in [0.717, 1.165) is 0 Å². The Morgan fingerprint density at radius 3 is 2.00 bits per heavy atom. The number of carbonyl (C=O) groups excluding carboxylic acids is 6. The molecule has 16 N–H and O–H groups in total. The van der Waals surface area contributed by atoms with Crippen LogP contribution in [0.25, 0.3) is 0 Å². The molecule has 0 aliphatic rings. The Bertz CT molecular complexity index is 1360. The van der Waals surface area contributed by atoms with Crippen LogP contribution in [-0.2, 0) is 40.0 Å². The third-order valence-electron chi connectivity index (χ3n) is 7.27. The summed E-state index contributed by atoms with van der Waals surface area (Å²) in [4.78, 5) is 99.4. The minimum Gasteiger partial charge on any atom is -0.480 e. The van der Waals surface area contributed by atoms with Gasteiger partial charge in [-0.05, 0) is 51.5 Å². The number of nitrogens with two attached hydrogens (primary N) is 4. The van der Waals surface area contributed by atoms with Crippen molar-refractivity contribution >= 4 is 59.1 Å². The Balaban J connectivity index is 3.10. The van der Waals surface area contributed by atoms with E-state index < -0.39 is 83.8 Å². The molecule has 0 bridgehead atoms. The van der Waals surface area contributed by atoms with Crippen LogP contribution in [0.15, 0.2) is 17.5 Å². The molecule has 0 aliphatic carbocycles. The van der Waals surface area contributed by atoms with Gasteiger partial charge in [0, 0.05) is 31.3 Å². The molecule has 1 rings (SSSR count). The molecule has 0 saturated heterocycles. The lowest BCUT2D eigenvalue weighted by molar-refractivity contribution is -0.145. The SMILES string of the molecule is CSCC[C@H](NC(=O)[C@H](C)NC(=O)[C@H](CCC(N)=O)NC(=O)[C@H](Cc1cnc[nH]1)NC(=O)[C@@H](N)CCCN=C(N)N)C(=O)N[C@H](C(=O)O)[C@@H](C)O. The van der Waals surface area contributed by atoms with E-state index >= 15 is 0 Å². The number of carbonyl (C=O) groups is 7. The van der Waals surface area contributed by atoms with Gasteiger partial charge >= 0.3 is 5.97 Å². The third kappa shape index (κ3) is 17.0. The fourth-order valence-electron chi connectivity index (χ4n) is 4.41. The largest absolute Gasteiger partial charge is 0.480 e. The summed E-state index contributed by atoms with van der Waals surface area (Å²) in [5.74, 6) is -6.06. The molecule has 21 nitrogen and oxygen atoms in total. The van der Waals surface area contributed by atoms with E-state index in [4.69, 9.17) is 22.9 Å². The first-order valence-electron chi connectivity index (χ1n) is 15.9. The average molecular weight is 743 g/mol. The van der Waals surface area contributed by atoms with Crippen molar-refractivity contribution in [2.45, 2.75) is 94.7 Å². The lowest BCUT2D eigenvalue weighted by Crippen LogP contribution is -2.59. The first-order valence-corrected chi connectivity index (χ1v) is 17.3. The molecule has 1 aromatic rings. The molecular weight excluding hydrogens is 692 g/mol. The van der Waals surface area contributed by atoms with Gasteiger partial charge in [0.05, 0.1) is 18.5 Å². The summed E-state index contributed by atoms with van der Waals surface area (Å²) in [6.07, 6.45) is 3.08. The summed E-state index contributed by atoms with van der Waals surface area (Å²) < 4.78 is 0. The normalized spacial score (nSPS) is 15.0. The van der Waals surface area contributed by atoms with Gasteiger partial charge in [0.2, 0.25) is 35.4 Å². The van der Waals surface area contributed by atoms with E-state index in [0.29, 0.717) is 17.9 Å². The summed E-state index contributed by atoms with van der Waals surface area (Å²) in [6.45, 7) is 2.71. The minimum atomic E-state index is -1.63. The van der Waals surface area contributed by atoms with Crippen LogP contribution in [0.4, 0.5) is 0 Å². The zero-order chi connectivity index (χ0) is 38.7. The maximum Gasteiger partial charge on any atom is 0.328 e. The van der Waals surface area contributed by atoms with Gasteiger partial charge in [0.25, 0.3) is 0 Å². The van der Waals surface area contributed by atoms with Gasteiger partial charge in [0.15, 0.2) is 12.0 Å². The van der Waals surface area contributed by atoms with Crippen molar-refractivity contribution in [3.63, 3.8) is 0 Å². The maximum atomic E-state index is 13.5. The number of aromatic amines is 1. The second-order valence-electron chi connectivity index (χ2n) is 11.6. The van der Waals surface area contributed by atoms with Crippen molar-refractivity contribution in [2.75, 3.05) is 18.6 Å². The molecular formula is C29H50N12O9S. The highest BCUT2D eigenvalue weighted by Gasteiger charge is 2.32. The van der Waals surface area contributed by atoms with Crippen LogP contribution in [-0.4, -0.2) is 128 Å². The zero-order valence-electron chi connectivity index (χ0n) is 28.7. The number of guanidine groups is 1. The Morgan fingerprint density at radius 1 is 0.863 bits per heavy atom. The van der Waals surface area contributed by atoms with Crippen molar-refractivity contribution in [1.29, 1.82) is 0 Å². The molecule has 1 aromatic heterocycles. The number of amides is 6. The highest BCUT2D eigenvalue weighted by molar-refractivity contribution is 7.98. The van der Waals surface area contributed by atoms with Gasteiger partial charge in [-0.25, -0.2) is 9.78 Å². The number of aliphatic imine (C=N–C) groups is 1. The first-order chi connectivity index (χ1) is 24.0.